The Morgan fingerprint density at radius 3 is 2.76 bits per heavy atom. The first-order chi connectivity index (χ1) is 16.2. The molecule has 33 heavy (non-hydrogen) atoms. The summed E-state index contributed by atoms with van der Waals surface area (Å²) in [5.41, 5.74) is 2.11. The van der Waals surface area contributed by atoms with Gasteiger partial charge >= 0.3 is 0 Å². The molecule has 0 spiro atoms. The molecule has 1 fully saturated rings. The lowest BCUT2D eigenvalue weighted by Crippen LogP contribution is -2.49. The summed E-state index contributed by atoms with van der Waals surface area (Å²) in [6.45, 7) is 1.55. The SMILES string of the molecule is O=C(c1ccc(Nc2cccnc2)cc1F)N(c1ccc2ccccc2n1)[C@@H]1CCCNC1. The molecule has 0 radical (unpaired) electrons. The topological polar surface area (TPSA) is 70.2 Å². The largest absolute Gasteiger partial charge is 0.354 e. The highest BCUT2D eigenvalue weighted by atomic mass is 19.1. The lowest BCUT2D eigenvalue weighted by Gasteiger charge is -2.34. The average molecular weight is 442 g/mol. The lowest BCUT2D eigenvalue weighted by atomic mass is 10.0. The fourth-order valence-electron chi connectivity index (χ4n) is 4.20. The van der Waals surface area contributed by atoms with Crippen LogP contribution in [0.25, 0.3) is 10.9 Å². The van der Waals surface area contributed by atoms with Crippen LogP contribution in [0.1, 0.15) is 23.2 Å². The Hall–Kier alpha value is -3.84. The highest BCUT2D eigenvalue weighted by Crippen LogP contribution is 2.27. The van der Waals surface area contributed by atoms with Gasteiger partial charge in [0, 0.05) is 23.8 Å². The maximum Gasteiger partial charge on any atom is 0.262 e. The molecule has 4 aromatic rings. The number of halogens is 1. The number of rotatable bonds is 5. The van der Waals surface area contributed by atoms with Crippen molar-refractivity contribution in [2.24, 2.45) is 0 Å². The van der Waals surface area contributed by atoms with Gasteiger partial charge in [0.25, 0.3) is 5.91 Å². The van der Waals surface area contributed by atoms with Gasteiger partial charge in [-0.25, -0.2) is 9.37 Å². The number of amides is 1. The summed E-state index contributed by atoms with van der Waals surface area (Å²) in [7, 11) is 0. The lowest BCUT2D eigenvalue weighted by molar-refractivity contribution is 0.0967. The van der Waals surface area contributed by atoms with Crippen LogP contribution >= 0.6 is 0 Å². The summed E-state index contributed by atoms with van der Waals surface area (Å²) < 4.78 is 15.2. The van der Waals surface area contributed by atoms with Crippen molar-refractivity contribution in [3.8, 4) is 0 Å². The van der Waals surface area contributed by atoms with Gasteiger partial charge in [0.15, 0.2) is 0 Å². The molecule has 0 bridgehead atoms. The molecular formula is C26H24FN5O. The molecule has 0 aliphatic carbocycles. The Morgan fingerprint density at radius 2 is 1.97 bits per heavy atom. The second-order valence-electron chi connectivity index (χ2n) is 8.10. The second kappa shape index (κ2) is 9.34. The van der Waals surface area contributed by atoms with Crippen LogP contribution in [0.2, 0.25) is 0 Å². The van der Waals surface area contributed by atoms with Crippen LogP contribution in [0.4, 0.5) is 21.6 Å². The third kappa shape index (κ3) is 4.54. The van der Waals surface area contributed by atoms with Gasteiger partial charge in [0.1, 0.15) is 11.6 Å². The third-order valence-corrected chi connectivity index (χ3v) is 5.84. The van der Waals surface area contributed by atoms with E-state index in [-0.39, 0.29) is 11.6 Å². The van der Waals surface area contributed by atoms with Gasteiger partial charge < -0.3 is 10.6 Å². The molecule has 2 N–H and O–H groups in total. The molecule has 1 saturated heterocycles. The van der Waals surface area contributed by atoms with Gasteiger partial charge in [-0.3, -0.25) is 14.7 Å². The van der Waals surface area contributed by atoms with Gasteiger partial charge in [-0.15, -0.1) is 0 Å². The van der Waals surface area contributed by atoms with E-state index in [0.29, 0.717) is 18.1 Å². The number of hydrogen-bond donors (Lipinski definition) is 2. The van der Waals surface area contributed by atoms with Crippen molar-refractivity contribution in [1.82, 2.24) is 15.3 Å². The summed E-state index contributed by atoms with van der Waals surface area (Å²) in [5, 5.41) is 7.45. The molecule has 1 amide bonds. The van der Waals surface area contributed by atoms with Crippen molar-refractivity contribution in [2.75, 3.05) is 23.3 Å². The third-order valence-electron chi connectivity index (χ3n) is 5.84. The Bertz CT molecular complexity index is 1270. The van der Waals surface area contributed by atoms with E-state index in [4.69, 9.17) is 4.98 Å². The van der Waals surface area contributed by atoms with E-state index in [9.17, 15) is 4.79 Å². The van der Waals surface area contributed by atoms with Crippen LogP contribution in [0.3, 0.4) is 0 Å². The number of benzene rings is 2. The second-order valence-corrected chi connectivity index (χ2v) is 8.10. The van der Waals surface area contributed by atoms with Gasteiger partial charge in [0.2, 0.25) is 0 Å². The molecule has 0 unspecified atom stereocenters. The molecule has 7 heteroatoms. The molecule has 1 aliphatic rings. The summed E-state index contributed by atoms with van der Waals surface area (Å²) in [5.74, 6) is -0.440. The van der Waals surface area contributed by atoms with Gasteiger partial charge in [0.05, 0.1) is 29.0 Å². The highest BCUT2D eigenvalue weighted by Gasteiger charge is 2.30. The van der Waals surface area contributed by atoms with Crippen LogP contribution in [0, 0.1) is 5.82 Å². The molecule has 5 rings (SSSR count). The molecule has 166 valence electrons. The number of anilines is 3. The van der Waals surface area contributed by atoms with E-state index in [1.54, 1.807) is 29.4 Å². The number of aromatic nitrogens is 2. The molecule has 1 atom stereocenters. The first-order valence-electron chi connectivity index (χ1n) is 11.1. The Kier molecular flexibility index (Phi) is 5.95. The van der Waals surface area contributed by atoms with Gasteiger partial charge in [-0.1, -0.05) is 18.2 Å². The molecule has 3 heterocycles. The molecule has 2 aromatic carbocycles. The summed E-state index contributed by atoms with van der Waals surface area (Å²) >= 11 is 0. The smallest absolute Gasteiger partial charge is 0.262 e. The van der Waals surface area contributed by atoms with Crippen molar-refractivity contribution in [1.29, 1.82) is 0 Å². The summed E-state index contributed by atoms with van der Waals surface area (Å²) in [4.78, 5) is 24.1. The minimum absolute atomic E-state index is 0.0206. The monoisotopic (exact) mass is 441 g/mol. The van der Waals surface area contributed by atoms with Crippen LogP contribution in [0.15, 0.2) is 79.1 Å². The van der Waals surface area contributed by atoms with Crippen LogP contribution < -0.4 is 15.5 Å². The number of carbonyl (C=O) groups excluding carboxylic acids is 1. The number of pyridine rings is 2. The minimum atomic E-state index is -0.580. The quantitative estimate of drug-likeness (QED) is 0.461. The van der Waals surface area contributed by atoms with Crippen molar-refractivity contribution in [3.05, 3.63) is 90.5 Å². The molecule has 2 aromatic heterocycles. The molecular weight excluding hydrogens is 417 g/mol. The maximum absolute atomic E-state index is 15.2. The van der Waals surface area contributed by atoms with Crippen LogP contribution in [0.5, 0.6) is 0 Å². The zero-order valence-electron chi connectivity index (χ0n) is 18.0. The molecule has 1 aliphatic heterocycles. The molecule has 6 nitrogen and oxygen atoms in total. The summed E-state index contributed by atoms with van der Waals surface area (Å²) in [6, 6.07) is 19.7. The van der Waals surface area contributed by atoms with Gasteiger partial charge in [-0.2, -0.15) is 0 Å². The van der Waals surface area contributed by atoms with Crippen molar-refractivity contribution in [2.45, 2.75) is 18.9 Å². The van der Waals surface area contributed by atoms with E-state index < -0.39 is 11.7 Å². The number of nitrogens with one attached hydrogen (secondary N) is 2. The first-order valence-corrected chi connectivity index (χ1v) is 11.1. The predicted octanol–water partition coefficient (Wildman–Crippen LogP) is 4.91. The van der Waals surface area contributed by atoms with E-state index in [2.05, 4.69) is 15.6 Å². The minimum Gasteiger partial charge on any atom is -0.354 e. The number of hydrogen-bond acceptors (Lipinski definition) is 5. The normalized spacial score (nSPS) is 15.8. The number of carbonyl (C=O) groups is 1. The Labute approximate surface area is 191 Å². The number of nitrogens with zero attached hydrogens (tertiary/aromatic N) is 3. The number of fused-ring (bicyclic) bond motifs is 1. The fraction of sp³-hybridized carbons (Fsp3) is 0.192. The van der Waals surface area contributed by atoms with Crippen molar-refractivity contribution < 1.29 is 9.18 Å². The Morgan fingerprint density at radius 1 is 1.06 bits per heavy atom. The van der Waals surface area contributed by atoms with Crippen LogP contribution in [-0.4, -0.2) is 35.0 Å². The van der Waals surface area contributed by atoms with Crippen molar-refractivity contribution >= 4 is 34.0 Å². The van der Waals surface area contributed by atoms with E-state index in [1.165, 1.54) is 12.1 Å². The van der Waals surface area contributed by atoms with E-state index in [1.807, 2.05) is 42.5 Å². The zero-order chi connectivity index (χ0) is 22.6. The van der Waals surface area contributed by atoms with Crippen molar-refractivity contribution in [3.63, 3.8) is 0 Å². The summed E-state index contributed by atoms with van der Waals surface area (Å²) in [6.07, 6.45) is 5.09. The first kappa shape index (κ1) is 21.0. The number of para-hydroxylation sites is 1. The van der Waals surface area contributed by atoms with E-state index >= 15 is 4.39 Å². The van der Waals surface area contributed by atoms with Gasteiger partial charge in [-0.05, 0) is 67.9 Å². The average Bonchev–Trinajstić information content (AvgIpc) is 2.85. The standard InChI is InChI=1S/C26H24FN5O/c27-23-15-19(30-20-6-3-13-28-16-20)10-11-22(23)26(33)32(21-7-4-14-29-17-21)25-12-9-18-5-1-2-8-24(18)31-25/h1-3,5-6,8-13,15-16,21,29-30H,4,7,14,17H2/t21-/m1/s1. The highest BCUT2D eigenvalue weighted by molar-refractivity contribution is 6.07. The Balaban J connectivity index is 1.48. The predicted molar refractivity (Wildman–Crippen MR) is 128 cm³/mol. The molecule has 0 saturated carbocycles. The van der Waals surface area contributed by atoms with E-state index in [0.717, 1.165) is 36.0 Å². The maximum atomic E-state index is 15.2. The zero-order valence-corrected chi connectivity index (χ0v) is 18.0. The fourth-order valence-corrected chi connectivity index (χ4v) is 4.20. The number of piperidine rings is 1. The van der Waals surface area contributed by atoms with Crippen LogP contribution in [-0.2, 0) is 0 Å².